The number of fused-ring (bicyclic) bond motifs is 1. The Hall–Kier alpha value is -3.21. The maximum atomic E-state index is 13.4. The van der Waals surface area contributed by atoms with Crippen LogP contribution < -0.4 is 15.0 Å². The van der Waals surface area contributed by atoms with Crippen molar-refractivity contribution in [1.29, 1.82) is 0 Å². The summed E-state index contributed by atoms with van der Waals surface area (Å²) >= 11 is 6.45. The molecule has 3 amide bonds. The van der Waals surface area contributed by atoms with Crippen LogP contribution in [0.2, 0.25) is 0 Å². The second-order valence-corrected chi connectivity index (χ2v) is 8.85. The molecule has 4 rings (SSSR count). The summed E-state index contributed by atoms with van der Waals surface area (Å²) in [5.41, 5.74) is 2.02. The first-order valence-corrected chi connectivity index (χ1v) is 11.3. The third-order valence-corrected chi connectivity index (χ3v) is 6.64. The fraction of sp³-hybridized carbons (Fsp3) is 0.217. The van der Waals surface area contributed by atoms with Gasteiger partial charge in [-0.1, -0.05) is 42.2 Å². The predicted octanol–water partition coefficient (Wildman–Crippen LogP) is 2.90. The number of ether oxygens (including phenoxy) is 2. The minimum Gasteiger partial charge on any atom is -0.497 e. The Bertz CT molecular complexity index is 1160. The van der Waals surface area contributed by atoms with Crippen LogP contribution in [0.4, 0.5) is 11.4 Å². The Morgan fingerprint density at radius 3 is 2.45 bits per heavy atom. The third kappa shape index (κ3) is 4.50. The number of nitrogens with one attached hydrogen (secondary N) is 1. The van der Waals surface area contributed by atoms with E-state index in [9.17, 15) is 14.4 Å². The van der Waals surface area contributed by atoms with Gasteiger partial charge in [-0.05, 0) is 30.3 Å². The molecule has 0 bridgehead atoms. The Labute approximate surface area is 200 Å². The van der Waals surface area contributed by atoms with Gasteiger partial charge in [0.2, 0.25) is 5.91 Å². The maximum absolute atomic E-state index is 13.4. The molecule has 0 aliphatic carbocycles. The number of carbonyl (C=O) groups excluding carboxylic acids is 3. The Morgan fingerprint density at radius 1 is 1.03 bits per heavy atom. The molecule has 2 heterocycles. The van der Waals surface area contributed by atoms with Crippen molar-refractivity contribution in [3.8, 4) is 5.75 Å². The van der Waals surface area contributed by atoms with Crippen molar-refractivity contribution in [2.45, 2.75) is 0 Å². The van der Waals surface area contributed by atoms with E-state index in [1.165, 1.54) is 9.80 Å². The zero-order valence-electron chi connectivity index (χ0n) is 18.0. The van der Waals surface area contributed by atoms with Crippen LogP contribution in [0.15, 0.2) is 53.4 Å². The zero-order chi connectivity index (χ0) is 23.5. The molecule has 0 aromatic heterocycles. The van der Waals surface area contributed by atoms with Crippen molar-refractivity contribution in [3.05, 3.63) is 59.0 Å². The molecule has 1 N–H and O–H groups in total. The van der Waals surface area contributed by atoms with Gasteiger partial charge in [-0.3, -0.25) is 24.2 Å². The summed E-state index contributed by atoms with van der Waals surface area (Å²) in [6.07, 6.45) is 0. The molecule has 0 unspecified atom stereocenters. The fourth-order valence-electron chi connectivity index (χ4n) is 3.60. The highest BCUT2D eigenvalue weighted by atomic mass is 32.2. The van der Waals surface area contributed by atoms with Crippen LogP contribution in [0.25, 0.3) is 5.57 Å². The van der Waals surface area contributed by atoms with Crippen molar-refractivity contribution in [1.82, 2.24) is 4.90 Å². The number of thioether (sulfide) groups is 1. The lowest BCUT2D eigenvalue weighted by atomic mass is 10.1. The number of amides is 3. The predicted molar refractivity (Wildman–Crippen MR) is 131 cm³/mol. The van der Waals surface area contributed by atoms with E-state index < -0.39 is 5.91 Å². The summed E-state index contributed by atoms with van der Waals surface area (Å²) in [6, 6.07) is 14.0. The lowest BCUT2D eigenvalue weighted by Gasteiger charge is -2.17. The number of anilines is 2. The topological polar surface area (TPSA) is 88.2 Å². The largest absolute Gasteiger partial charge is 0.497 e. The Morgan fingerprint density at radius 2 is 1.76 bits per heavy atom. The van der Waals surface area contributed by atoms with Gasteiger partial charge in [0.05, 0.1) is 36.4 Å². The first kappa shape index (κ1) is 23.0. The summed E-state index contributed by atoms with van der Waals surface area (Å²) < 4.78 is 10.6. The number of nitrogens with zero attached hydrogens (tertiary/aromatic N) is 2. The van der Waals surface area contributed by atoms with Crippen LogP contribution in [0, 0.1) is 0 Å². The summed E-state index contributed by atoms with van der Waals surface area (Å²) in [6.45, 7) is 0.439. The lowest BCUT2D eigenvalue weighted by Crippen LogP contribution is -2.35. The maximum Gasteiger partial charge on any atom is 0.267 e. The number of hydrogen-bond acceptors (Lipinski definition) is 7. The smallest absolute Gasteiger partial charge is 0.267 e. The molecule has 10 heteroatoms. The van der Waals surface area contributed by atoms with Gasteiger partial charge in [-0.15, -0.1) is 0 Å². The van der Waals surface area contributed by atoms with Gasteiger partial charge in [0, 0.05) is 18.4 Å². The van der Waals surface area contributed by atoms with E-state index in [2.05, 4.69) is 5.32 Å². The highest BCUT2D eigenvalue weighted by Crippen LogP contribution is 2.44. The molecular weight excluding hydrogens is 462 g/mol. The van der Waals surface area contributed by atoms with E-state index in [1.54, 1.807) is 62.8 Å². The average molecular weight is 484 g/mol. The lowest BCUT2D eigenvalue weighted by molar-refractivity contribution is -0.122. The second kappa shape index (κ2) is 9.74. The molecule has 0 radical (unpaired) electrons. The number of benzene rings is 2. The average Bonchev–Trinajstić information content (AvgIpc) is 3.25. The van der Waals surface area contributed by atoms with Gasteiger partial charge in [0.15, 0.2) is 0 Å². The highest BCUT2D eigenvalue weighted by molar-refractivity contribution is 8.26. The van der Waals surface area contributed by atoms with Gasteiger partial charge >= 0.3 is 0 Å². The Kier molecular flexibility index (Phi) is 6.77. The molecule has 8 nitrogen and oxygen atoms in total. The number of para-hydroxylation sites is 1. The summed E-state index contributed by atoms with van der Waals surface area (Å²) in [7, 11) is 3.11. The van der Waals surface area contributed by atoms with Crippen LogP contribution >= 0.6 is 24.0 Å². The normalized spacial score (nSPS) is 17.6. The number of thiocarbonyl (C=S) groups is 1. The van der Waals surface area contributed by atoms with E-state index in [4.69, 9.17) is 21.7 Å². The molecule has 2 aromatic carbocycles. The molecule has 170 valence electrons. The molecule has 2 aliphatic heterocycles. The molecule has 0 atom stereocenters. The monoisotopic (exact) mass is 483 g/mol. The molecule has 1 fully saturated rings. The number of hydrogen-bond donors (Lipinski definition) is 1. The zero-order valence-corrected chi connectivity index (χ0v) is 19.6. The fourth-order valence-corrected chi connectivity index (χ4v) is 4.98. The molecule has 2 aromatic rings. The first-order chi connectivity index (χ1) is 15.9. The number of carbonyl (C=O) groups is 3. The van der Waals surface area contributed by atoms with Crippen molar-refractivity contribution in [3.63, 3.8) is 0 Å². The van der Waals surface area contributed by atoms with Crippen molar-refractivity contribution in [2.24, 2.45) is 0 Å². The third-order valence-electron chi connectivity index (χ3n) is 5.19. The van der Waals surface area contributed by atoms with Crippen LogP contribution in [-0.2, 0) is 19.1 Å². The summed E-state index contributed by atoms with van der Waals surface area (Å²) in [4.78, 5) is 42.3. The minimum absolute atomic E-state index is 0.199. The summed E-state index contributed by atoms with van der Waals surface area (Å²) in [5, 5.41) is 2.78. The van der Waals surface area contributed by atoms with E-state index in [-0.39, 0.29) is 28.8 Å². The van der Waals surface area contributed by atoms with Crippen molar-refractivity contribution < 1.29 is 23.9 Å². The highest BCUT2D eigenvalue weighted by Gasteiger charge is 2.42. The van der Waals surface area contributed by atoms with Crippen molar-refractivity contribution in [2.75, 3.05) is 44.1 Å². The van der Waals surface area contributed by atoms with E-state index in [0.29, 0.717) is 40.2 Å². The quantitative estimate of drug-likeness (QED) is 0.479. The van der Waals surface area contributed by atoms with Gasteiger partial charge in [-0.25, -0.2) is 0 Å². The molecule has 2 aliphatic rings. The van der Waals surface area contributed by atoms with Gasteiger partial charge in [-0.2, -0.15) is 0 Å². The van der Waals surface area contributed by atoms with Crippen molar-refractivity contribution >= 4 is 63.0 Å². The van der Waals surface area contributed by atoms with E-state index >= 15 is 0 Å². The van der Waals surface area contributed by atoms with Gasteiger partial charge < -0.3 is 14.8 Å². The standard InChI is InChI=1S/C23H21N3O5S2/c1-30-12-11-25-22(29)20(33-23(25)32)19-16-5-3-4-6-17(16)26(21(19)28)13-18(27)24-14-7-9-15(31-2)10-8-14/h3-10H,11-13H2,1-2H3,(H,24,27)/b20-19-. The van der Waals surface area contributed by atoms with E-state index in [0.717, 1.165) is 11.8 Å². The molecular formula is C23H21N3O5S2. The second-order valence-electron chi connectivity index (χ2n) is 7.21. The molecule has 0 spiro atoms. The van der Waals surface area contributed by atoms with Gasteiger partial charge in [0.1, 0.15) is 16.6 Å². The SMILES string of the molecule is COCCN1C(=O)/C(=C2/C(=O)N(CC(=O)Nc3ccc(OC)cc3)c3ccccc32)SC1=S. The number of rotatable bonds is 7. The Balaban J connectivity index is 1.59. The van der Waals surface area contributed by atoms with Gasteiger partial charge in [0.25, 0.3) is 11.8 Å². The summed E-state index contributed by atoms with van der Waals surface area (Å²) in [5.74, 6) is -0.431. The minimum atomic E-state index is -0.409. The van der Waals surface area contributed by atoms with Crippen LogP contribution in [-0.4, -0.2) is 60.9 Å². The number of methoxy groups -OCH3 is 2. The van der Waals surface area contributed by atoms with E-state index in [1.807, 2.05) is 0 Å². The van der Waals surface area contributed by atoms with Crippen LogP contribution in [0.1, 0.15) is 5.56 Å². The molecule has 33 heavy (non-hydrogen) atoms. The van der Waals surface area contributed by atoms with Crippen LogP contribution in [0.3, 0.4) is 0 Å². The first-order valence-electron chi connectivity index (χ1n) is 10.1. The molecule has 1 saturated heterocycles. The van der Waals surface area contributed by atoms with Crippen LogP contribution in [0.5, 0.6) is 5.75 Å². The molecule has 0 saturated carbocycles.